The minimum atomic E-state index is -0.840. The Morgan fingerprint density at radius 2 is 1.96 bits per heavy atom. The van der Waals surface area contributed by atoms with Gasteiger partial charge in [0, 0.05) is 22.9 Å². The SMILES string of the molecule is CC(C)C(=O)C1C(C)C(=O)N(C2C=C(Cl)C=CC2O)C1C1C=CC(Cl)CC1. The first-order valence-corrected chi connectivity index (χ1v) is 10.5. The molecule has 1 saturated heterocycles. The Morgan fingerprint density at radius 3 is 2.56 bits per heavy atom. The van der Waals surface area contributed by atoms with Crippen LogP contribution in [0.1, 0.15) is 33.6 Å². The third-order valence-corrected chi connectivity index (χ3v) is 6.62. The molecule has 0 aromatic rings. The van der Waals surface area contributed by atoms with Gasteiger partial charge in [-0.2, -0.15) is 0 Å². The number of amides is 1. The van der Waals surface area contributed by atoms with Gasteiger partial charge in [0.2, 0.25) is 5.91 Å². The molecule has 0 saturated carbocycles. The fourth-order valence-electron chi connectivity index (χ4n) is 4.58. The highest BCUT2D eigenvalue weighted by Crippen LogP contribution is 2.43. The van der Waals surface area contributed by atoms with Crippen LogP contribution in [0.3, 0.4) is 0 Å². The fourth-order valence-corrected chi connectivity index (χ4v) is 4.99. The van der Waals surface area contributed by atoms with E-state index in [1.165, 1.54) is 0 Å². The molecular weight excluding hydrogens is 385 g/mol. The van der Waals surface area contributed by atoms with Gasteiger partial charge in [0.25, 0.3) is 0 Å². The van der Waals surface area contributed by atoms with Gasteiger partial charge in [-0.25, -0.2) is 0 Å². The normalized spacial score (nSPS) is 39.2. The van der Waals surface area contributed by atoms with E-state index in [-0.39, 0.29) is 34.9 Å². The van der Waals surface area contributed by atoms with Crippen molar-refractivity contribution in [3.8, 4) is 0 Å². The molecule has 2 aliphatic carbocycles. The molecule has 0 aromatic carbocycles. The number of aliphatic hydroxyl groups is 1. The Kier molecular flexibility index (Phi) is 6.19. The Morgan fingerprint density at radius 1 is 1.26 bits per heavy atom. The Bertz CT molecular complexity index is 700. The highest BCUT2D eigenvalue weighted by molar-refractivity contribution is 6.31. The van der Waals surface area contributed by atoms with Crippen LogP contribution in [0, 0.1) is 23.7 Å². The summed E-state index contributed by atoms with van der Waals surface area (Å²) in [5.74, 6) is -0.939. The van der Waals surface area contributed by atoms with Gasteiger partial charge >= 0.3 is 0 Å². The summed E-state index contributed by atoms with van der Waals surface area (Å²) in [7, 11) is 0. The maximum absolute atomic E-state index is 13.2. The van der Waals surface area contributed by atoms with Crippen LogP contribution >= 0.6 is 23.2 Å². The summed E-state index contributed by atoms with van der Waals surface area (Å²) in [4.78, 5) is 28.0. The van der Waals surface area contributed by atoms with Crippen LogP contribution in [-0.2, 0) is 9.59 Å². The third-order valence-electron chi connectivity index (χ3n) is 6.00. The number of allylic oxidation sites excluding steroid dienone is 3. The summed E-state index contributed by atoms with van der Waals surface area (Å²) >= 11 is 12.4. The van der Waals surface area contributed by atoms with Crippen LogP contribution in [0.25, 0.3) is 0 Å². The number of ketones is 1. The van der Waals surface area contributed by atoms with Crippen molar-refractivity contribution in [3.05, 3.63) is 35.4 Å². The molecule has 1 aliphatic heterocycles. The largest absolute Gasteiger partial charge is 0.387 e. The number of Topliss-reactive ketones (excluding diaryl/α,β-unsaturated/α-hetero) is 1. The Labute approximate surface area is 170 Å². The Balaban J connectivity index is 2.04. The number of alkyl halides is 1. The van der Waals surface area contributed by atoms with Gasteiger partial charge in [-0.15, -0.1) is 11.6 Å². The van der Waals surface area contributed by atoms with Crippen molar-refractivity contribution in [3.63, 3.8) is 0 Å². The van der Waals surface area contributed by atoms with Crippen LogP contribution in [0.15, 0.2) is 35.4 Å². The predicted molar refractivity (Wildman–Crippen MR) is 108 cm³/mol. The smallest absolute Gasteiger partial charge is 0.227 e. The van der Waals surface area contributed by atoms with Crippen molar-refractivity contribution in [2.45, 2.75) is 57.2 Å². The molecule has 0 bridgehead atoms. The monoisotopic (exact) mass is 411 g/mol. The second-order valence-electron chi connectivity index (χ2n) is 8.14. The molecule has 7 atom stereocenters. The van der Waals surface area contributed by atoms with Crippen LogP contribution in [0.5, 0.6) is 0 Å². The molecule has 3 aliphatic rings. The van der Waals surface area contributed by atoms with Crippen LogP contribution in [0.2, 0.25) is 0 Å². The van der Waals surface area contributed by atoms with E-state index in [1.54, 1.807) is 23.1 Å². The second-order valence-corrected chi connectivity index (χ2v) is 9.14. The van der Waals surface area contributed by atoms with Gasteiger partial charge < -0.3 is 10.0 Å². The number of hydrogen-bond acceptors (Lipinski definition) is 3. The quantitative estimate of drug-likeness (QED) is 0.566. The first-order valence-electron chi connectivity index (χ1n) is 9.64. The van der Waals surface area contributed by atoms with Crippen LogP contribution in [-0.4, -0.2) is 45.3 Å². The first kappa shape index (κ1) is 20.6. The lowest BCUT2D eigenvalue weighted by Gasteiger charge is -2.40. The lowest BCUT2D eigenvalue weighted by Crippen LogP contribution is -2.52. The van der Waals surface area contributed by atoms with Crippen molar-refractivity contribution in [1.82, 2.24) is 4.90 Å². The molecule has 3 rings (SSSR count). The average molecular weight is 412 g/mol. The summed E-state index contributed by atoms with van der Waals surface area (Å²) in [6.07, 6.45) is 9.73. The Hall–Kier alpha value is -1.10. The van der Waals surface area contributed by atoms with Gasteiger partial charge in [-0.1, -0.05) is 50.6 Å². The summed E-state index contributed by atoms with van der Waals surface area (Å²) in [5.41, 5.74) is 0. The number of aliphatic hydroxyl groups excluding tert-OH is 1. The molecule has 0 spiro atoms. The van der Waals surface area contributed by atoms with Gasteiger partial charge in [0.1, 0.15) is 5.78 Å². The van der Waals surface area contributed by atoms with E-state index in [0.29, 0.717) is 5.03 Å². The summed E-state index contributed by atoms with van der Waals surface area (Å²) < 4.78 is 0. The maximum Gasteiger partial charge on any atom is 0.227 e. The minimum Gasteiger partial charge on any atom is -0.387 e. The summed E-state index contributed by atoms with van der Waals surface area (Å²) in [6, 6.07) is -0.857. The van der Waals surface area contributed by atoms with Crippen LogP contribution < -0.4 is 0 Å². The molecule has 1 amide bonds. The van der Waals surface area contributed by atoms with Crippen molar-refractivity contribution in [2.75, 3.05) is 0 Å². The van der Waals surface area contributed by atoms with E-state index in [2.05, 4.69) is 0 Å². The predicted octanol–water partition coefficient (Wildman–Crippen LogP) is 3.67. The molecule has 1 heterocycles. The molecule has 6 heteroatoms. The molecule has 0 radical (unpaired) electrons. The van der Waals surface area contributed by atoms with Crippen LogP contribution in [0.4, 0.5) is 0 Å². The molecule has 7 unspecified atom stereocenters. The molecular formula is C21H27Cl2NO3. The minimum absolute atomic E-state index is 0.0129. The zero-order valence-electron chi connectivity index (χ0n) is 15.9. The van der Waals surface area contributed by atoms with Crippen molar-refractivity contribution < 1.29 is 14.7 Å². The number of hydrogen-bond donors (Lipinski definition) is 1. The van der Waals surface area contributed by atoms with E-state index in [0.717, 1.165) is 12.8 Å². The number of halogens is 2. The topological polar surface area (TPSA) is 57.6 Å². The van der Waals surface area contributed by atoms with Gasteiger partial charge in [-0.05, 0) is 30.9 Å². The van der Waals surface area contributed by atoms with Crippen molar-refractivity contribution in [1.29, 1.82) is 0 Å². The number of carbonyl (C=O) groups excluding carboxylic acids is 2. The molecule has 27 heavy (non-hydrogen) atoms. The van der Waals surface area contributed by atoms with Gasteiger partial charge in [0.15, 0.2) is 0 Å². The zero-order valence-corrected chi connectivity index (χ0v) is 17.4. The van der Waals surface area contributed by atoms with Gasteiger partial charge in [0.05, 0.1) is 23.4 Å². The molecule has 148 valence electrons. The van der Waals surface area contributed by atoms with Crippen molar-refractivity contribution >= 4 is 34.9 Å². The second kappa shape index (κ2) is 8.10. The lowest BCUT2D eigenvalue weighted by atomic mass is 9.75. The number of nitrogens with zero attached hydrogens (tertiary/aromatic N) is 1. The van der Waals surface area contributed by atoms with E-state index >= 15 is 0 Å². The molecule has 1 fully saturated rings. The zero-order chi connectivity index (χ0) is 19.9. The summed E-state index contributed by atoms with van der Waals surface area (Å²) in [5, 5.41) is 11.0. The van der Waals surface area contributed by atoms with Crippen molar-refractivity contribution in [2.24, 2.45) is 23.7 Å². The van der Waals surface area contributed by atoms with E-state index < -0.39 is 24.0 Å². The standard InChI is InChI=1S/C21H27Cl2NO3/c1-11(2)20(26)18-12(3)21(27)24(16-10-15(23)8-9-17(16)25)19(18)13-4-6-14(22)7-5-13/h4,6,8-14,16-19,25H,5,7H2,1-3H3. The highest BCUT2D eigenvalue weighted by Gasteiger charge is 2.54. The summed E-state index contributed by atoms with van der Waals surface area (Å²) in [6.45, 7) is 5.58. The number of carbonyl (C=O) groups is 2. The molecule has 4 nitrogen and oxygen atoms in total. The van der Waals surface area contributed by atoms with Gasteiger partial charge in [-0.3, -0.25) is 9.59 Å². The first-order chi connectivity index (χ1) is 12.7. The maximum atomic E-state index is 13.2. The van der Waals surface area contributed by atoms with E-state index in [1.807, 2.05) is 32.9 Å². The molecule has 0 aromatic heterocycles. The average Bonchev–Trinajstić information content (AvgIpc) is 2.88. The molecule has 1 N–H and O–H groups in total. The third kappa shape index (κ3) is 3.90. The van der Waals surface area contributed by atoms with E-state index in [9.17, 15) is 14.7 Å². The highest BCUT2D eigenvalue weighted by atomic mass is 35.5. The lowest BCUT2D eigenvalue weighted by molar-refractivity contribution is -0.135. The number of rotatable bonds is 4. The number of likely N-dealkylation sites (tertiary alicyclic amines) is 1. The fraction of sp³-hybridized carbons (Fsp3) is 0.619. The van der Waals surface area contributed by atoms with E-state index in [4.69, 9.17) is 23.2 Å².